The number of benzene rings is 1. The number of hydrogen-bond acceptors (Lipinski definition) is 3. The lowest BCUT2D eigenvalue weighted by molar-refractivity contribution is 1.06. The second kappa shape index (κ2) is 4.98. The Morgan fingerprint density at radius 1 is 1.41 bits per heavy atom. The molecule has 0 radical (unpaired) electrons. The third-order valence-corrected chi connectivity index (χ3v) is 4.08. The average Bonchev–Trinajstić information content (AvgIpc) is 2.74. The van der Waals surface area contributed by atoms with Gasteiger partial charge in [0, 0.05) is 10.0 Å². The molecule has 88 valence electrons. The molecule has 0 aliphatic carbocycles. The number of amidine groups is 1. The van der Waals surface area contributed by atoms with E-state index in [1.165, 1.54) is 11.3 Å². The predicted octanol–water partition coefficient (Wildman–Crippen LogP) is 3.42. The summed E-state index contributed by atoms with van der Waals surface area (Å²) < 4.78 is 1.04. The van der Waals surface area contributed by atoms with Crippen LogP contribution in [0.15, 0.2) is 28.7 Å². The molecule has 3 N–H and O–H groups in total. The Hall–Kier alpha value is -1.20. The van der Waals surface area contributed by atoms with E-state index in [2.05, 4.69) is 20.9 Å². The Morgan fingerprint density at radius 3 is 2.53 bits per heavy atom. The van der Waals surface area contributed by atoms with E-state index in [0.717, 1.165) is 32.0 Å². The molecule has 0 atom stereocenters. The molecule has 0 spiro atoms. The van der Waals surface area contributed by atoms with Crippen LogP contribution in [0.4, 0.5) is 0 Å². The van der Waals surface area contributed by atoms with E-state index >= 15 is 0 Å². The van der Waals surface area contributed by atoms with E-state index in [1.54, 1.807) is 0 Å². The fourth-order valence-corrected chi connectivity index (χ4v) is 2.80. The molecule has 1 aromatic heterocycles. The lowest BCUT2D eigenvalue weighted by atomic mass is 10.2. The smallest absolute Gasteiger partial charge is 0.135 e. The van der Waals surface area contributed by atoms with Crippen LogP contribution in [0.1, 0.15) is 17.5 Å². The summed E-state index contributed by atoms with van der Waals surface area (Å²) in [6.45, 7) is 2.02. The fraction of sp³-hybridized carbons (Fsp3) is 0.167. The maximum Gasteiger partial charge on any atom is 0.135 e. The van der Waals surface area contributed by atoms with E-state index in [4.69, 9.17) is 11.1 Å². The molecule has 1 aromatic carbocycles. The van der Waals surface area contributed by atoms with Gasteiger partial charge in [0.2, 0.25) is 0 Å². The van der Waals surface area contributed by atoms with Crippen LogP contribution in [0.5, 0.6) is 0 Å². The molecule has 1 heterocycles. The third-order valence-electron chi connectivity index (χ3n) is 2.37. The quantitative estimate of drug-likeness (QED) is 0.674. The van der Waals surface area contributed by atoms with Crippen molar-refractivity contribution >= 4 is 33.1 Å². The van der Waals surface area contributed by atoms with Gasteiger partial charge in [-0.05, 0) is 18.6 Å². The number of nitrogens with two attached hydrogens (primary N) is 1. The molecule has 0 fully saturated rings. The molecule has 0 saturated heterocycles. The lowest BCUT2D eigenvalue weighted by Crippen LogP contribution is -2.11. The molecule has 2 aromatic rings. The van der Waals surface area contributed by atoms with Crippen molar-refractivity contribution < 1.29 is 0 Å². The summed E-state index contributed by atoms with van der Waals surface area (Å²) in [5, 5.41) is 8.45. The van der Waals surface area contributed by atoms with Crippen molar-refractivity contribution in [3.8, 4) is 10.6 Å². The molecule has 2 rings (SSSR count). The monoisotopic (exact) mass is 309 g/mol. The first kappa shape index (κ1) is 12.3. The van der Waals surface area contributed by atoms with E-state index in [0.29, 0.717) is 0 Å². The van der Waals surface area contributed by atoms with Crippen molar-refractivity contribution in [1.29, 1.82) is 5.41 Å². The third kappa shape index (κ3) is 2.56. The SMILES string of the molecule is CCc1nc(-c2ccc(Br)cc2)sc1C(=N)N. The van der Waals surface area contributed by atoms with Gasteiger partial charge in [-0.3, -0.25) is 5.41 Å². The van der Waals surface area contributed by atoms with Crippen LogP contribution >= 0.6 is 27.3 Å². The van der Waals surface area contributed by atoms with Gasteiger partial charge in [-0.2, -0.15) is 0 Å². The Balaban J connectivity index is 2.46. The number of halogens is 1. The minimum Gasteiger partial charge on any atom is -0.383 e. The summed E-state index contributed by atoms with van der Waals surface area (Å²) in [6, 6.07) is 7.98. The Bertz CT molecular complexity index is 545. The summed E-state index contributed by atoms with van der Waals surface area (Å²) >= 11 is 4.88. The van der Waals surface area contributed by atoms with Gasteiger partial charge in [0.1, 0.15) is 10.8 Å². The molecule has 0 amide bonds. The van der Waals surface area contributed by atoms with Gasteiger partial charge >= 0.3 is 0 Å². The number of nitrogens with one attached hydrogen (secondary N) is 1. The molecule has 0 bridgehead atoms. The maximum absolute atomic E-state index is 7.53. The van der Waals surface area contributed by atoms with Crippen molar-refractivity contribution in [1.82, 2.24) is 4.98 Å². The Labute approximate surface area is 112 Å². The van der Waals surface area contributed by atoms with Crippen LogP contribution in [0.25, 0.3) is 10.6 Å². The molecule has 17 heavy (non-hydrogen) atoms. The van der Waals surface area contributed by atoms with E-state index < -0.39 is 0 Å². The zero-order valence-corrected chi connectivity index (χ0v) is 11.7. The van der Waals surface area contributed by atoms with Crippen molar-refractivity contribution in [2.45, 2.75) is 13.3 Å². The molecule has 0 aliphatic heterocycles. The fourth-order valence-electron chi connectivity index (χ4n) is 1.52. The lowest BCUT2D eigenvalue weighted by Gasteiger charge is -1.95. The first-order valence-electron chi connectivity index (χ1n) is 5.22. The van der Waals surface area contributed by atoms with Gasteiger partial charge in [-0.25, -0.2) is 4.98 Å². The molecule has 3 nitrogen and oxygen atoms in total. The molecular weight excluding hydrogens is 298 g/mol. The van der Waals surface area contributed by atoms with Gasteiger partial charge in [0.25, 0.3) is 0 Å². The second-order valence-corrected chi connectivity index (χ2v) is 5.48. The van der Waals surface area contributed by atoms with Crippen molar-refractivity contribution in [3.05, 3.63) is 39.3 Å². The highest BCUT2D eigenvalue weighted by Gasteiger charge is 2.13. The first-order chi connectivity index (χ1) is 8.11. The number of nitrogen functional groups attached to an aromatic ring is 1. The van der Waals surface area contributed by atoms with E-state index in [-0.39, 0.29) is 5.84 Å². The molecule has 0 saturated carbocycles. The van der Waals surface area contributed by atoms with E-state index in [9.17, 15) is 0 Å². The number of hydrogen-bond donors (Lipinski definition) is 2. The highest BCUT2D eigenvalue weighted by molar-refractivity contribution is 9.10. The zero-order valence-electron chi connectivity index (χ0n) is 9.33. The van der Waals surface area contributed by atoms with Crippen molar-refractivity contribution in [2.24, 2.45) is 5.73 Å². The standard InChI is InChI=1S/C12H12BrN3S/c1-2-9-10(11(14)15)17-12(16-9)7-3-5-8(13)6-4-7/h3-6H,2H2,1H3,(H3,14,15). The number of rotatable bonds is 3. The summed E-state index contributed by atoms with van der Waals surface area (Å²) in [4.78, 5) is 5.32. The Morgan fingerprint density at radius 2 is 2.06 bits per heavy atom. The van der Waals surface area contributed by atoms with E-state index in [1.807, 2.05) is 31.2 Å². The van der Waals surface area contributed by atoms with Gasteiger partial charge in [0.05, 0.1) is 10.6 Å². The van der Waals surface area contributed by atoms with Crippen LogP contribution in [0.3, 0.4) is 0 Å². The number of nitrogens with zero attached hydrogens (tertiary/aromatic N) is 1. The first-order valence-corrected chi connectivity index (χ1v) is 6.82. The summed E-state index contributed by atoms with van der Waals surface area (Å²) in [5.41, 5.74) is 7.51. The average molecular weight is 310 g/mol. The van der Waals surface area contributed by atoms with Crippen molar-refractivity contribution in [3.63, 3.8) is 0 Å². The number of aromatic nitrogens is 1. The normalized spacial score (nSPS) is 10.5. The molecule has 0 aliphatic rings. The maximum atomic E-state index is 7.53. The highest BCUT2D eigenvalue weighted by Crippen LogP contribution is 2.29. The van der Waals surface area contributed by atoms with Gasteiger partial charge in [-0.15, -0.1) is 11.3 Å². The van der Waals surface area contributed by atoms with Crippen LogP contribution < -0.4 is 5.73 Å². The van der Waals surface area contributed by atoms with Gasteiger partial charge in [0.15, 0.2) is 0 Å². The van der Waals surface area contributed by atoms with Gasteiger partial charge in [-0.1, -0.05) is 35.0 Å². The number of aryl methyl sites for hydroxylation is 1. The second-order valence-electron chi connectivity index (χ2n) is 3.57. The zero-order chi connectivity index (χ0) is 12.4. The van der Waals surface area contributed by atoms with Crippen molar-refractivity contribution in [2.75, 3.05) is 0 Å². The highest BCUT2D eigenvalue weighted by atomic mass is 79.9. The topological polar surface area (TPSA) is 62.8 Å². The summed E-state index contributed by atoms with van der Waals surface area (Å²) in [6.07, 6.45) is 0.794. The molecular formula is C12H12BrN3S. The minimum absolute atomic E-state index is 0.0997. The largest absolute Gasteiger partial charge is 0.383 e. The molecule has 5 heteroatoms. The number of thiazole rings is 1. The van der Waals surface area contributed by atoms with Gasteiger partial charge < -0.3 is 5.73 Å². The summed E-state index contributed by atoms with van der Waals surface area (Å²) in [5.74, 6) is 0.0997. The minimum atomic E-state index is 0.0997. The molecule has 0 unspecified atom stereocenters. The van der Waals surface area contributed by atoms with Crippen LogP contribution in [-0.2, 0) is 6.42 Å². The predicted molar refractivity (Wildman–Crippen MR) is 75.6 cm³/mol. The Kier molecular flexibility index (Phi) is 3.59. The van der Waals surface area contributed by atoms with Crippen LogP contribution in [0, 0.1) is 5.41 Å². The van der Waals surface area contributed by atoms with Crippen LogP contribution in [-0.4, -0.2) is 10.8 Å². The summed E-state index contributed by atoms with van der Waals surface area (Å²) in [7, 11) is 0. The van der Waals surface area contributed by atoms with Crippen LogP contribution in [0.2, 0.25) is 0 Å².